The maximum Gasteiger partial charge on any atom is 0.339 e. The minimum Gasteiger partial charge on any atom is -0.478 e. The molecular weight excluding hydrogens is 269 g/mol. The van der Waals surface area contributed by atoms with Crippen molar-refractivity contribution in [1.29, 1.82) is 0 Å². The molecule has 0 spiro atoms. The van der Waals surface area contributed by atoms with Crippen LogP contribution in [0.2, 0.25) is 0 Å². The van der Waals surface area contributed by atoms with E-state index in [9.17, 15) is 19.3 Å². The zero-order valence-corrected chi connectivity index (χ0v) is 10.4. The summed E-state index contributed by atoms with van der Waals surface area (Å²) >= 11 is 0. The van der Waals surface area contributed by atoms with Crippen molar-refractivity contribution in [3.63, 3.8) is 0 Å². The first-order valence-corrected chi connectivity index (χ1v) is 5.59. The Morgan fingerprint density at radius 3 is 2.80 bits per heavy atom. The minimum absolute atomic E-state index is 0.0100. The largest absolute Gasteiger partial charge is 0.478 e. The number of aromatic nitrogens is 2. The summed E-state index contributed by atoms with van der Waals surface area (Å²) in [6, 6.07) is 3.82. The summed E-state index contributed by atoms with van der Waals surface area (Å²) in [7, 11) is 0. The van der Waals surface area contributed by atoms with Crippen LogP contribution in [0.1, 0.15) is 21.6 Å². The third-order valence-corrected chi connectivity index (χ3v) is 2.76. The number of hydrogen-bond acceptors (Lipinski definition) is 4. The highest BCUT2D eigenvalue weighted by molar-refractivity contribution is 5.88. The van der Waals surface area contributed by atoms with Crippen LogP contribution in [0.25, 0.3) is 0 Å². The second kappa shape index (κ2) is 5.08. The van der Waals surface area contributed by atoms with Crippen molar-refractivity contribution >= 4 is 11.7 Å². The second-order valence-corrected chi connectivity index (χ2v) is 4.14. The van der Waals surface area contributed by atoms with Gasteiger partial charge in [0.05, 0.1) is 17.2 Å². The van der Waals surface area contributed by atoms with Gasteiger partial charge in [-0.05, 0) is 6.92 Å². The number of carbonyl (C=O) groups is 1. The van der Waals surface area contributed by atoms with E-state index in [1.165, 1.54) is 29.9 Å². The van der Waals surface area contributed by atoms with Gasteiger partial charge in [-0.3, -0.25) is 14.8 Å². The average Bonchev–Trinajstić information content (AvgIpc) is 2.72. The van der Waals surface area contributed by atoms with Gasteiger partial charge in [-0.1, -0.05) is 12.1 Å². The third kappa shape index (κ3) is 2.48. The zero-order chi connectivity index (χ0) is 14.9. The van der Waals surface area contributed by atoms with Crippen molar-refractivity contribution in [3.05, 3.63) is 57.1 Å². The molecule has 0 bridgehead atoms. The van der Waals surface area contributed by atoms with Gasteiger partial charge in [0.1, 0.15) is 5.56 Å². The predicted molar refractivity (Wildman–Crippen MR) is 66.1 cm³/mol. The molecule has 0 aliphatic rings. The summed E-state index contributed by atoms with van der Waals surface area (Å²) in [5.41, 5.74) is -0.248. The van der Waals surface area contributed by atoms with Gasteiger partial charge in [-0.25, -0.2) is 4.79 Å². The van der Waals surface area contributed by atoms with Crippen molar-refractivity contribution in [2.45, 2.75) is 13.5 Å². The molecule has 7 nitrogen and oxygen atoms in total. The van der Waals surface area contributed by atoms with E-state index in [2.05, 4.69) is 5.10 Å². The van der Waals surface area contributed by atoms with Crippen molar-refractivity contribution in [1.82, 2.24) is 9.78 Å². The van der Waals surface area contributed by atoms with Crippen LogP contribution in [0.5, 0.6) is 0 Å². The van der Waals surface area contributed by atoms with E-state index in [1.807, 2.05) is 0 Å². The molecule has 2 rings (SSSR count). The van der Waals surface area contributed by atoms with Gasteiger partial charge >= 0.3 is 11.7 Å². The Morgan fingerprint density at radius 2 is 2.25 bits per heavy atom. The summed E-state index contributed by atoms with van der Waals surface area (Å²) in [5, 5.41) is 23.5. The third-order valence-electron chi connectivity index (χ3n) is 2.76. The normalized spacial score (nSPS) is 10.5. The summed E-state index contributed by atoms with van der Waals surface area (Å²) in [6.45, 7) is 1.44. The number of carboxylic acid groups (broad SMARTS) is 1. The number of rotatable bonds is 4. The van der Waals surface area contributed by atoms with Crippen LogP contribution in [-0.2, 0) is 6.54 Å². The van der Waals surface area contributed by atoms with Crippen LogP contribution in [0, 0.1) is 22.9 Å². The monoisotopic (exact) mass is 279 g/mol. The molecule has 0 aliphatic heterocycles. The molecule has 1 N–H and O–H groups in total. The number of nitro benzene ring substituents is 1. The van der Waals surface area contributed by atoms with E-state index in [0.29, 0.717) is 5.69 Å². The number of aryl methyl sites for hydroxylation is 1. The number of nitro groups is 1. The van der Waals surface area contributed by atoms with Crippen LogP contribution in [0.15, 0.2) is 24.4 Å². The van der Waals surface area contributed by atoms with E-state index in [4.69, 9.17) is 5.11 Å². The first-order chi connectivity index (χ1) is 9.40. The summed E-state index contributed by atoms with van der Waals surface area (Å²) in [5.74, 6) is -2.07. The molecule has 1 aromatic heterocycles. The second-order valence-electron chi connectivity index (χ2n) is 4.14. The van der Waals surface area contributed by atoms with E-state index in [1.54, 1.807) is 0 Å². The molecule has 0 fully saturated rings. The molecule has 1 aromatic carbocycles. The molecule has 0 saturated heterocycles. The fourth-order valence-corrected chi connectivity index (χ4v) is 1.81. The summed E-state index contributed by atoms with van der Waals surface area (Å²) in [4.78, 5) is 20.7. The molecule has 0 radical (unpaired) electrons. The molecule has 0 aliphatic carbocycles. The Morgan fingerprint density at radius 1 is 1.55 bits per heavy atom. The van der Waals surface area contributed by atoms with Gasteiger partial charge in [0.15, 0.2) is 0 Å². The highest BCUT2D eigenvalue weighted by Crippen LogP contribution is 2.21. The number of hydrogen-bond donors (Lipinski definition) is 1. The van der Waals surface area contributed by atoms with Crippen LogP contribution in [0.4, 0.5) is 10.1 Å². The van der Waals surface area contributed by atoms with Gasteiger partial charge in [0, 0.05) is 17.8 Å². The number of benzene rings is 1. The molecule has 104 valence electrons. The standard InChI is InChI=1S/C12H10FN3O4/c1-7-9(12(17)18)6-15(14-7)5-8-3-2-4-10(11(8)13)16(19)20/h2-4,6H,5H2,1H3,(H,17,18). The maximum atomic E-state index is 13.9. The van der Waals surface area contributed by atoms with E-state index in [-0.39, 0.29) is 17.7 Å². The topological polar surface area (TPSA) is 98.3 Å². The van der Waals surface area contributed by atoms with Gasteiger partial charge in [-0.2, -0.15) is 9.49 Å². The van der Waals surface area contributed by atoms with E-state index < -0.39 is 22.4 Å². The van der Waals surface area contributed by atoms with E-state index in [0.717, 1.165) is 6.07 Å². The Labute approximate surface area is 112 Å². The Kier molecular flexibility index (Phi) is 3.47. The highest BCUT2D eigenvalue weighted by Gasteiger charge is 2.18. The number of aromatic carboxylic acids is 1. The number of nitrogens with zero attached hydrogens (tertiary/aromatic N) is 3. The lowest BCUT2D eigenvalue weighted by Crippen LogP contribution is -2.04. The summed E-state index contributed by atoms with van der Waals surface area (Å²) < 4.78 is 15.1. The van der Waals surface area contributed by atoms with Crippen LogP contribution in [0.3, 0.4) is 0 Å². The molecule has 0 atom stereocenters. The maximum absolute atomic E-state index is 13.9. The van der Waals surface area contributed by atoms with Crippen molar-refractivity contribution in [2.75, 3.05) is 0 Å². The lowest BCUT2D eigenvalue weighted by molar-refractivity contribution is -0.387. The van der Waals surface area contributed by atoms with Gasteiger partial charge in [-0.15, -0.1) is 0 Å². The lowest BCUT2D eigenvalue weighted by atomic mass is 10.2. The molecule has 2 aromatic rings. The molecular formula is C12H10FN3O4. The van der Waals surface area contributed by atoms with Gasteiger partial charge in [0.2, 0.25) is 5.82 Å². The van der Waals surface area contributed by atoms with Crippen molar-refractivity contribution in [3.8, 4) is 0 Å². The van der Waals surface area contributed by atoms with Gasteiger partial charge < -0.3 is 5.11 Å². The first-order valence-electron chi connectivity index (χ1n) is 5.59. The Hall–Kier alpha value is -2.77. The molecule has 1 heterocycles. The van der Waals surface area contributed by atoms with Crippen LogP contribution >= 0.6 is 0 Å². The number of halogens is 1. The average molecular weight is 279 g/mol. The quantitative estimate of drug-likeness (QED) is 0.681. The molecule has 20 heavy (non-hydrogen) atoms. The van der Waals surface area contributed by atoms with Crippen molar-refractivity contribution < 1.29 is 19.2 Å². The fraction of sp³-hybridized carbons (Fsp3) is 0.167. The smallest absolute Gasteiger partial charge is 0.339 e. The molecule has 0 amide bonds. The van der Waals surface area contributed by atoms with Crippen molar-refractivity contribution in [2.24, 2.45) is 0 Å². The SMILES string of the molecule is Cc1nn(Cc2cccc([N+](=O)[O-])c2F)cc1C(=O)O. The molecule has 8 heteroatoms. The number of carboxylic acids is 1. The van der Waals surface area contributed by atoms with Crippen LogP contribution < -0.4 is 0 Å². The highest BCUT2D eigenvalue weighted by atomic mass is 19.1. The van der Waals surface area contributed by atoms with Crippen LogP contribution in [-0.4, -0.2) is 25.8 Å². The van der Waals surface area contributed by atoms with E-state index >= 15 is 0 Å². The minimum atomic E-state index is -1.13. The lowest BCUT2D eigenvalue weighted by Gasteiger charge is -2.03. The predicted octanol–water partition coefficient (Wildman–Crippen LogP) is 1.99. The fourth-order valence-electron chi connectivity index (χ4n) is 1.81. The Balaban J connectivity index is 2.35. The molecule has 0 unspecified atom stereocenters. The molecule has 0 saturated carbocycles. The Bertz CT molecular complexity index is 696. The first kappa shape index (κ1) is 13.7. The summed E-state index contributed by atoms with van der Waals surface area (Å²) in [6.07, 6.45) is 1.26. The van der Waals surface area contributed by atoms with Gasteiger partial charge in [0.25, 0.3) is 0 Å². The zero-order valence-electron chi connectivity index (χ0n) is 10.4.